The Morgan fingerprint density at radius 1 is 1.46 bits per heavy atom. The monoisotopic (exact) mass is 332 g/mol. The number of hydrogen-bond donors (Lipinski definition) is 2. The fraction of sp³-hybridized carbons (Fsp3) is 0.500. The molecule has 2 heterocycles. The van der Waals surface area contributed by atoms with Gasteiger partial charge in [-0.25, -0.2) is 9.07 Å². The second-order valence-corrected chi connectivity index (χ2v) is 6.05. The van der Waals surface area contributed by atoms with Gasteiger partial charge >= 0.3 is 0 Å². The SMILES string of the molecule is Cc1nnnn1C(Cc1cccc(F)c1)C(=O)NC1CCNCC1. The Morgan fingerprint density at radius 2 is 2.25 bits per heavy atom. The van der Waals surface area contributed by atoms with E-state index in [1.807, 2.05) is 0 Å². The minimum Gasteiger partial charge on any atom is -0.351 e. The van der Waals surface area contributed by atoms with E-state index in [1.54, 1.807) is 19.1 Å². The van der Waals surface area contributed by atoms with Gasteiger partial charge in [0, 0.05) is 12.5 Å². The van der Waals surface area contributed by atoms with Gasteiger partial charge in [-0.3, -0.25) is 4.79 Å². The molecule has 1 aliphatic heterocycles. The number of aryl methyl sites for hydroxylation is 1. The Balaban J connectivity index is 1.79. The van der Waals surface area contributed by atoms with Crippen LogP contribution in [0.4, 0.5) is 4.39 Å². The summed E-state index contributed by atoms with van der Waals surface area (Å²) in [4.78, 5) is 12.8. The van der Waals surface area contributed by atoms with E-state index in [0.29, 0.717) is 12.2 Å². The van der Waals surface area contributed by atoms with Gasteiger partial charge in [-0.15, -0.1) is 5.10 Å². The molecule has 24 heavy (non-hydrogen) atoms. The molecule has 2 N–H and O–H groups in total. The Morgan fingerprint density at radius 3 is 2.92 bits per heavy atom. The Kier molecular flexibility index (Phi) is 5.14. The molecular weight excluding hydrogens is 311 g/mol. The number of benzene rings is 1. The molecule has 1 fully saturated rings. The normalized spacial score (nSPS) is 16.8. The van der Waals surface area contributed by atoms with Gasteiger partial charge < -0.3 is 10.6 Å². The van der Waals surface area contributed by atoms with Crippen molar-refractivity contribution in [1.82, 2.24) is 30.8 Å². The van der Waals surface area contributed by atoms with Crippen LogP contribution in [0.25, 0.3) is 0 Å². The van der Waals surface area contributed by atoms with Crippen molar-refractivity contribution in [2.45, 2.75) is 38.3 Å². The predicted molar refractivity (Wildman–Crippen MR) is 85.7 cm³/mol. The van der Waals surface area contributed by atoms with Crippen molar-refractivity contribution in [3.63, 3.8) is 0 Å². The third-order valence-corrected chi connectivity index (χ3v) is 4.26. The second kappa shape index (κ2) is 7.48. The van der Waals surface area contributed by atoms with Gasteiger partial charge in [0.05, 0.1) is 0 Å². The third kappa shape index (κ3) is 3.94. The number of halogens is 1. The first kappa shape index (κ1) is 16.5. The van der Waals surface area contributed by atoms with Gasteiger partial charge in [-0.2, -0.15) is 0 Å². The molecule has 1 aromatic carbocycles. The molecule has 8 heteroatoms. The molecule has 7 nitrogen and oxygen atoms in total. The fourth-order valence-corrected chi connectivity index (χ4v) is 2.97. The lowest BCUT2D eigenvalue weighted by atomic mass is 10.0. The van der Waals surface area contributed by atoms with Crippen molar-refractivity contribution in [3.05, 3.63) is 41.5 Å². The summed E-state index contributed by atoms with van der Waals surface area (Å²) in [6.45, 7) is 3.53. The average Bonchev–Trinajstić information content (AvgIpc) is 2.99. The zero-order valence-electron chi connectivity index (χ0n) is 13.6. The largest absolute Gasteiger partial charge is 0.351 e. The molecule has 0 saturated carbocycles. The number of hydrogen-bond acceptors (Lipinski definition) is 5. The molecule has 1 aliphatic rings. The van der Waals surface area contributed by atoms with E-state index in [1.165, 1.54) is 16.8 Å². The van der Waals surface area contributed by atoms with Crippen LogP contribution in [0.3, 0.4) is 0 Å². The maximum absolute atomic E-state index is 13.5. The van der Waals surface area contributed by atoms with Crippen molar-refractivity contribution < 1.29 is 9.18 Å². The first-order valence-corrected chi connectivity index (χ1v) is 8.13. The van der Waals surface area contributed by atoms with Crippen LogP contribution < -0.4 is 10.6 Å². The minimum absolute atomic E-state index is 0.137. The lowest BCUT2D eigenvalue weighted by Gasteiger charge is -2.26. The van der Waals surface area contributed by atoms with Crippen LogP contribution >= 0.6 is 0 Å². The van der Waals surface area contributed by atoms with Crippen LogP contribution in [-0.2, 0) is 11.2 Å². The van der Waals surface area contributed by atoms with Crippen LogP contribution in [0, 0.1) is 12.7 Å². The quantitative estimate of drug-likeness (QED) is 0.845. The third-order valence-electron chi connectivity index (χ3n) is 4.26. The zero-order chi connectivity index (χ0) is 16.9. The van der Waals surface area contributed by atoms with Gasteiger partial charge in [0.15, 0.2) is 0 Å². The lowest BCUT2D eigenvalue weighted by Crippen LogP contribution is -2.46. The van der Waals surface area contributed by atoms with Gasteiger partial charge in [0.2, 0.25) is 5.91 Å². The molecule has 1 amide bonds. The number of tetrazole rings is 1. The minimum atomic E-state index is -0.600. The molecule has 0 spiro atoms. The van der Waals surface area contributed by atoms with E-state index in [9.17, 15) is 9.18 Å². The summed E-state index contributed by atoms with van der Waals surface area (Å²) >= 11 is 0. The molecular formula is C16H21FN6O. The highest BCUT2D eigenvalue weighted by molar-refractivity contribution is 5.80. The molecule has 128 valence electrons. The molecule has 0 bridgehead atoms. The summed E-state index contributed by atoms with van der Waals surface area (Å²) in [7, 11) is 0. The molecule has 1 aromatic heterocycles. The number of carbonyl (C=O) groups is 1. The maximum Gasteiger partial charge on any atom is 0.245 e. The van der Waals surface area contributed by atoms with Crippen molar-refractivity contribution >= 4 is 5.91 Å². The molecule has 0 aliphatic carbocycles. The van der Waals surface area contributed by atoms with Gasteiger partial charge in [-0.05, 0) is 61.0 Å². The number of nitrogens with zero attached hydrogens (tertiary/aromatic N) is 4. The highest BCUT2D eigenvalue weighted by atomic mass is 19.1. The first-order valence-electron chi connectivity index (χ1n) is 8.13. The highest BCUT2D eigenvalue weighted by Gasteiger charge is 2.26. The number of rotatable bonds is 5. The molecule has 1 atom stereocenters. The maximum atomic E-state index is 13.5. The summed E-state index contributed by atoms with van der Waals surface area (Å²) in [5.74, 6) is 0.0943. The van der Waals surface area contributed by atoms with Crippen LogP contribution in [0.15, 0.2) is 24.3 Å². The van der Waals surface area contributed by atoms with Crippen LogP contribution in [-0.4, -0.2) is 45.2 Å². The summed E-state index contributed by atoms with van der Waals surface area (Å²) in [5.41, 5.74) is 0.732. The van der Waals surface area contributed by atoms with Crippen LogP contribution in [0.5, 0.6) is 0 Å². The van der Waals surface area contributed by atoms with E-state index in [4.69, 9.17) is 0 Å². The van der Waals surface area contributed by atoms with Gasteiger partial charge in [0.1, 0.15) is 17.7 Å². The van der Waals surface area contributed by atoms with Crippen molar-refractivity contribution in [2.24, 2.45) is 0 Å². The standard InChI is InChI=1S/C16H21FN6O/c1-11-20-21-22-23(11)15(10-12-3-2-4-13(17)9-12)16(24)19-14-5-7-18-8-6-14/h2-4,9,14-15,18H,5-8,10H2,1H3,(H,19,24). The van der Waals surface area contributed by atoms with Crippen LogP contribution in [0.1, 0.15) is 30.3 Å². The van der Waals surface area contributed by atoms with Crippen molar-refractivity contribution in [3.8, 4) is 0 Å². The predicted octanol–water partition coefficient (Wildman–Crippen LogP) is 0.773. The van der Waals surface area contributed by atoms with E-state index >= 15 is 0 Å². The second-order valence-electron chi connectivity index (χ2n) is 6.05. The Bertz CT molecular complexity index is 697. The average molecular weight is 332 g/mol. The molecule has 1 unspecified atom stereocenters. The highest BCUT2D eigenvalue weighted by Crippen LogP contribution is 2.17. The molecule has 3 rings (SSSR count). The topological polar surface area (TPSA) is 84.7 Å². The number of amides is 1. The molecule has 0 radical (unpaired) electrons. The number of aromatic nitrogens is 4. The van der Waals surface area contributed by atoms with Crippen LogP contribution in [0.2, 0.25) is 0 Å². The summed E-state index contributed by atoms with van der Waals surface area (Å²) in [5, 5.41) is 17.8. The summed E-state index contributed by atoms with van der Waals surface area (Å²) in [6, 6.07) is 5.80. The van der Waals surface area contributed by atoms with Gasteiger partial charge in [-0.1, -0.05) is 12.1 Å². The number of piperidine rings is 1. The fourth-order valence-electron chi connectivity index (χ4n) is 2.97. The summed E-state index contributed by atoms with van der Waals surface area (Å²) < 4.78 is 15.0. The van der Waals surface area contributed by atoms with E-state index in [0.717, 1.165) is 31.5 Å². The Hall–Kier alpha value is -2.35. The molecule has 2 aromatic rings. The van der Waals surface area contributed by atoms with E-state index in [2.05, 4.69) is 26.2 Å². The lowest BCUT2D eigenvalue weighted by molar-refractivity contribution is -0.125. The van der Waals surface area contributed by atoms with E-state index in [-0.39, 0.29) is 17.8 Å². The smallest absolute Gasteiger partial charge is 0.245 e. The zero-order valence-corrected chi connectivity index (χ0v) is 13.6. The van der Waals surface area contributed by atoms with Gasteiger partial charge in [0.25, 0.3) is 0 Å². The Labute approximate surface area is 139 Å². The van der Waals surface area contributed by atoms with Crippen molar-refractivity contribution in [1.29, 1.82) is 0 Å². The summed E-state index contributed by atoms with van der Waals surface area (Å²) in [6.07, 6.45) is 2.13. The number of nitrogens with one attached hydrogen (secondary N) is 2. The van der Waals surface area contributed by atoms with Crippen molar-refractivity contribution in [2.75, 3.05) is 13.1 Å². The van der Waals surface area contributed by atoms with E-state index < -0.39 is 6.04 Å². The first-order chi connectivity index (χ1) is 11.6. The number of carbonyl (C=O) groups excluding carboxylic acids is 1. The molecule has 1 saturated heterocycles.